The molecule has 3 aromatic carbocycles. The van der Waals surface area contributed by atoms with Crippen LogP contribution in [0.5, 0.6) is 0 Å². The van der Waals surface area contributed by atoms with Crippen molar-refractivity contribution in [2.75, 3.05) is 5.32 Å². The Balaban J connectivity index is 1.57. The number of esters is 1. The number of para-hydroxylation sites is 1. The van der Waals surface area contributed by atoms with Gasteiger partial charge in [-0.25, -0.2) is 4.79 Å². The molecule has 0 radical (unpaired) electrons. The van der Waals surface area contributed by atoms with Crippen molar-refractivity contribution in [2.45, 2.75) is 33.4 Å². The number of ether oxygens (including phenoxy) is 1. The lowest BCUT2D eigenvalue weighted by Gasteiger charge is -2.21. The van der Waals surface area contributed by atoms with E-state index in [0.29, 0.717) is 16.8 Å². The molecule has 0 fully saturated rings. The predicted octanol–water partition coefficient (Wildman–Crippen LogP) is 4.75. The second-order valence-electron chi connectivity index (χ2n) is 8.13. The number of carbonyl (C=O) groups excluding carboxylic acids is 3. The first-order valence-corrected chi connectivity index (χ1v) is 10.8. The van der Waals surface area contributed by atoms with Gasteiger partial charge < -0.3 is 15.4 Å². The molecule has 1 atom stereocenters. The molecule has 0 spiro atoms. The van der Waals surface area contributed by atoms with E-state index in [1.54, 1.807) is 36.4 Å². The van der Waals surface area contributed by atoms with Gasteiger partial charge in [-0.2, -0.15) is 0 Å². The van der Waals surface area contributed by atoms with Gasteiger partial charge in [0.15, 0.2) is 0 Å². The molecule has 0 aliphatic rings. The fraction of sp³-hybridized carbons (Fsp3) is 0.222. The third kappa shape index (κ3) is 6.53. The molecule has 33 heavy (non-hydrogen) atoms. The van der Waals surface area contributed by atoms with Crippen molar-refractivity contribution in [1.29, 1.82) is 0 Å². The lowest BCUT2D eigenvalue weighted by Crippen LogP contribution is -2.45. The monoisotopic (exact) mass is 444 g/mol. The third-order valence-corrected chi connectivity index (χ3v) is 5.23. The molecular weight excluding hydrogens is 416 g/mol. The largest absolute Gasteiger partial charge is 0.459 e. The van der Waals surface area contributed by atoms with E-state index in [-0.39, 0.29) is 24.3 Å². The molecule has 3 aromatic rings. The van der Waals surface area contributed by atoms with Crippen LogP contribution in [-0.2, 0) is 16.1 Å². The molecule has 2 N–H and O–H groups in total. The quantitative estimate of drug-likeness (QED) is 0.491. The summed E-state index contributed by atoms with van der Waals surface area (Å²) in [5.74, 6) is -1.17. The van der Waals surface area contributed by atoms with Gasteiger partial charge in [-0.15, -0.1) is 0 Å². The molecule has 0 aromatic heterocycles. The highest BCUT2D eigenvalue weighted by Crippen LogP contribution is 2.13. The lowest BCUT2D eigenvalue weighted by molar-refractivity contribution is -0.148. The Labute approximate surface area is 194 Å². The Morgan fingerprint density at radius 1 is 0.818 bits per heavy atom. The van der Waals surface area contributed by atoms with E-state index in [4.69, 9.17) is 4.74 Å². The molecule has 2 amide bonds. The van der Waals surface area contributed by atoms with E-state index in [2.05, 4.69) is 10.6 Å². The number of anilines is 1. The predicted molar refractivity (Wildman–Crippen MR) is 128 cm³/mol. The number of hydrogen-bond donors (Lipinski definition) is 2. The minimum atomic E-state index is -0.770. The fourth-order valence-corrected chi connectivity index (χ4v) is 3.27. The number of rotatable bonds is 8. The molecule has 0 saturated carbocycles. The van der Waals surface area contributed by atoms with Crippen molar-refractivity contribution >= 4 is 23.5 Å². The normalized spacial score (nSPS) is 11.5. The topological polar surface area (TPSA) is 84.5 Å². The zero-order chi connectivity index (χ0) is 23.8. The van der Waals surface area contributed by atoms with Crippen LogP contribution >= 0.6 is 0 Å². The Kier molecular flexibility index (Phi) is 7.97. The number of amides is 2. The molecule has 0 heterocycles. The number of nitrogens with one attached hydrogen (secondary N) is 2. The Morgan fingerprint density at radius 2 is 1.45 bits per heavy atom. The third-order valence-electron chi connectivity index (χ3n) is 5.23. The van der Waals surface area contributed by atoms with Crippen LogP contribution in [0, 0.1) is 12.8 Å². The Bertz CT molecular complexity index is 1110. The summed E-state index contributed by atoms with van der Waals surface area (Å²) in [4.78, 5) is 37.7. The van der Waals surface area contributed by atoms with Crippen LogP contribution in [0.4, 0.5) is 5.69 Å². The van der Waals surface area contributed by atoms with Crippen molar-refractivity contribution in [3.63, 3.8) is 0 Å². The van der Waals surface area contributed by atoms with Crippen LogP contribution in [0.1, 0.15) is 45.7 Å². The molecule has 6 heteroatoms. The molecule has 0 aliphatic carbocycles. The summed E-state index contributed by atoms with van der Waals surface area (Å²) in [7, 11) is 0. The maximum absolute atomic E-state index is 12.7. The molecule has 0 unspecified atom stereocenters. The van der Waals surface area contributed by atoms with Gasteiger partial charge in [0.2, 0.25) is 0 Å². The summed E-state index contributed by atoms with van der Waals surface area (Å²) in [6.45, 7) is 5.60. The van der Waals surface area contributed by atoms with E-state index < -0.39 is 12.0 Å². The van der Waals surface area contributed by atoms with E-state index in [0.717, 1.165) is 11.1 Å². The summed E-state index contributed by atoms with van der Waals surface area (Å²) in [6.07, 6.45) is 0. The fourth-order valence-electron chi connectivity index (χ4n) is 3.27. The zero-order valence-corrected chi connectivity index (χ0v) is 19.0. The highest BCUT2D eigenvalue weighted by Gasteiger charge is 2.26. The van der Waals surface area contributed by atoms with E-state index >= 15 is 0 Å². The summed E-state index contributed by atoms with van der Waals surface area (Å²) < 4.78 is 5.46. The number of benzene rings is 3. The van der Waals surface area contributed by atoms with Gasteiger partial charge in [0, 0.05) is 16.8 Å². The van der Waals surface area contributed by atoms with Crippen LogP contribution in [0.3, 0.4) is 0 Å². The molecule has 6 nitrogen and oxygen atoms in total. The van der Waals surface area contributed by atoms with Crippen molar-refractivity contribution in [1.82, 2.24) is 5.32 Å². The number of hydrogen-bond acceptors (Lipinski definition) is 4. The van der Waals surface area contributed by atoms with Crippen LogP contribution in [-0.4, -0.2) is 23.8 Å². The Morgan fingerprint density at radius 3 is 2.09 bits per heavy atom. The summed E-state index contributed by atoms with van der Waals surface area (Å²) >= 11 is 0. The summed E-state index contributed by atoms with van der Waals surface area (Å²) in [6, 6.07) is 22.5. The van der Waals surface area contributed by atoms with Crippen LogP contribution in [0.2, 0.25) is 0 Å². The zero-order valence-electron chi connectivity index (χ0n) is 19.0. The van der Waals surface area contributed by atoms with Gasteiger partial charge >= 0.3 is 5.97 Å². The second-order valence-corrected chi connectivity index (χ2v) is 8.13. The van der Waals surface area contributed by atoms with Crippen LogP contribution < -0.4 is 10.6 Å². The smallest absolute Gasteiger partial charge is 0.329 e. The second kappa shape index (κ2) is 11.1. The molecule has 3 rings (SSSR count). The van der Waals surface area contributed by atoms with Gasteiger partial charge in [0.1, 0.15) is 12.6 Å². The van der Waals surface area contributed by atoms with Crippen molar-refractivity contribution in [2.24, 2.45) is 5.92 Å². The van der Waals surface area contributed by atoms with Gasteiger partial charge in [-0.1, -0.05) is 62.4 Å². The first kappa shape index (κ1) is 23.7. The molecular formula is C27H28N2O4. The van der Waals surface area contributed by atoms with E-state index in [1.165, 1.54) is 0 Å². The van der Waals surface area contributed by atoms with Gasteiger partial charge in [-0.05, 0) is 54.3 Å². The van der Waals surface area contributed by atoms with Crippen molar-refractivity contribution in [3.8, 4) is 0 Å². The average Bonchev–Trinajstić information content (AvgIpc) is 2.82. The SMILES string of the molecule is Cc1ccccc1C(=O)N[C@H](C(=O)OCc1ccc(C(=O)Nc2ccccc2)cc1)C(C)C. The van der Waals surface area contributed by atoms with Gasteiger partial charge in [0.25, 0.3) is 11.8 Å². The number of carbonyl (C=O) groups is 3. The highest BCUT2D eigenvalue weighted by molar-refractivity contribution is 6.04. The molecule has 0 bridgehead atoms. The van der Waals surface area contributed by atoms with E-state index in [1.807, 2.05) is 63.2 Å². The van der Waals surface area contributed by atoms with Gasteiger partial charge in [-0.3, -0.25) is 9.59 Å². The minimum Gasteiger partial charge on any atom is -0.459 e. The minimum absolute atomic E-state index is 0.0445. The van der Waals surface area contributed by atoms with Crippen LogP contribution in [0.15, 0.2) is 78.9 Å². The van der Waals surface area contributed by atoms with E-state index in [9.17, 15) is 14.4 Å². The summed E-state index contributed by atoms with van der Waals surface area (Å²) in [5, 5.41) is 5.62. The maximum Gasteiger partial charge on any atom is 0.329 e. The maximum atomic E-state index is 12.7. The number of aryl methyl sites for hydroxylation is 1. The first-order chi connectivity index (χ1) is 15.8. The summed E-state index contributed by atoms with van der Waals surface area (Å²) in [5.41, 5.74) is 3.32. The van der Waals surface area contributed by atoms with Crippen molar-refractivity contribution in [3.05, 3.63) is 101 Å². The first-order valence-electron chi connectivity index (χ1n) is 10.8. The van der Waals surface area contributed by atoms with Gasteiger partial charge in [0.05, 0.1) is 0 Å². The molecule has 170 valence electrons. The molecule has 0 saturated heterocycles. The molecule has 0 aliphatic heterocycles. The average molecular weight is 445 g/mol. The Hall–Kier alpha value is -3.93. The lowest BCUT2D eigenvalue weighted by atomic mass is 10.0. The standard InChI is InChI=1S/C27H28N2O4/c1-18(2)24(29-26(31)23-12-8-7-9-19(23)3)27(32)33-17-20-13-15-21(16-14-20)25(30)28-22-10-5-4-6-11-22/h4-16,18,24H,17H2,1-3H3,(H,28,30)(H,29,31)/t24-/m0/s1. The van der Waals surface area contributed by atoms with Crippen molar-refractivity contribution < 1.29 is 19.1 Å². The highest BCUT2D eigenvalue weighted by atomic mass is 16.5. The van der Waals surface area contributed by atoms with Crippen LogP contribution in [0.25, 0.3) is 0 Å².